The van der Waals surface area contributed by atoms with Gasteiger partial charge in [0.2, 0.25) is 0 Å². The summed E-state index contributed by atoms with van der Waals surface area (Å²) in [5, 5.41) is 0. The van der Waals surface area contributed by atoms with E-state index in [0.717, 1.165) is 55.6 Å². The Morgan fingerprint density at radius 1 is 0.800 bits per heavy atom. The third-order valence-electron chi connectivity index (χ3n) is 3.99. The van der Waals surface area contributed by atoms with E-state index in [1.807, 2.05) is 50.2 Å². The number of fused-ring (bicyclic) bond motifs is 2. The van der Waals surface area contributed by atoms with Crippen LogP contribution in [0.2, 0.25) is 0 Å². The molecule has 30 heavy (non-hydrogen) atoms. The molecule has 0 saturated carbocycles. The van der Waals surface area contributed by atoms with Crippen LogP contribution in [0.1, 0.15) is 24.0 Å². The van der Waals surface area contributed by atoms with Crippen molar-refractivity contribution in [3.05, 3.63) is 47.5 Å². The second-order valence-corrected chi connectivity index (χ2v) is 10.5. The van der Waals surface area contributed by atoms with Gasteiger partial charge >= 0.3 is 11.9 Å². The van der Waals surface area contributed by atoms with E-state index in [4.69, 9.17) is 8.37 Å². The third-order valence-corrected chi connectivity index (χ3v) is 7.57. The number of thiazole rings is 2. The lowest BCUT2D eigenvalue weighted by atomic mass is 10.2. The lowest BCUT2D eigenvalue weighted by Gasteiger charge is -2.01. The number of hydrogen-bond acceptors (Lipinski definition) is 10. The minimum atomic E-state index is -0.493. The molecule has 4 aromatic rings. The van der Waals surface area contributed by atoms with E-state index in [0.29, 0.717) is 8.68 Å². The number of hydrogen-bond donors (Lipinski definition) is 0. The van der Waals surface area contributed by atoms with Gasteiger partial charge in [0, 0.05) is 0 Å². The van der Waals surface area contributed by atoms with Crippen molar-refractivity contribution in [3.8, 4) is 0 Å². The number of carbonyl (C=O) groups excluding carboxylic acids is 2. The molecule has 0 amide bonds. The van der Waals surface area contributed by atoms with Crippen molar-refractivity contribution in [2.45, 2.75) is 35.4 Å². The maximum absolute atomic E-state index is 11.9. The monoisotopic (exact) mass is 476 g/mol. The first-order chi connectivity index (χ1) is 14.5. The fraction of sp³-hybridized carbons (Fsp3) is 0.200. The van der Waals surface area contributed by atoms with Crippen LogP contribution in [-0.4, -0.2) is 21.9 Å². The van der Waals surface area contributed by atoms with Crippen LogP contribution < -0.4 is 0 Å². The number of carbonyl (C=O) groups is 2. The fourth-order valence-electron chi connectivity index (χ4n) is 2.56. The van der Waals surface area contributed by atoms with Gasteiger partial charge < -0.3 is 8.37 Å². The first-order valence-electron chi connectivity index (χ1n) is 8.95. The molecule has 2 aromatic carbocycles. The van der Waals surface area contributed by atoms with E-state index in [1.54, 1.807) is 0 Å². The van der Waals surface area contributed by atoms with Gasteiger partial charge in [0.1, 0.15) is 24.1 Å². The van der Waals surface area contributed by atoms with Crippen molar-refractivity contribution in [1.29, 1.82) is 0 Å². The number of aryl methyl sites for hydroxylation is 2. The van der Waals surface area contributed by atoms with Gasteiger partial charge in [-0.2, -0.15) is 0 Å². The normalized spacial score (nSPS) is 11.1. The highest BCUT2D eigenvalue weighted by molar-refractivity contribution is 7.97. The van der Waals surface area contributed by atoms with Gasteiger partial charge in [0.15, 0.2) is 8.68 Å². The van der Waals surface area contributed by atoms with Crippen molar-refractivity contribution < 1.29 is 18.0 Å². The van der Waals surface area contributed by atoms with Crippen molar-refractivity contribution in [3.63, 3.8) is 0 Å². The molecule has 0 radical (unpaired) electrons. The standard InChI is InChI=1S/C20H16N2O4S4/c1-11-3-5-15-13(9-11)21-19(27-15)29-25-17(23)7-8-18(24)26-30-20-22-14-10-12(2)4-6-16(14)28-20/h3-6,9-10H,7-8H2,1-2H3. The Kier molecular flexibility index (Phi) is 6.57. The number of nitrogens with zero attached hydrogens (tertiary/aromatic N) is 2. The summed E-state index contributed by atoms with van der Waals surface area (Å²) in [4.78, 5) is 32.7. The molecule has 2 aromatic heterocycles. The second-order valence-electron chi connectivity index (χ2n) is 6.48. The van der Waals surface area contributed by atoms with Crippen LogP contribution in [0.4, 0.5) is 0 Å². The van der Waals surface area contributed by atoms with E-state index in [2.05, 4.69) is 9.97 Å². The SMILES string of the molecule is Cc1ccc2sc(SOC(=O)CCC(=O)OSc3nc4cc(C)ccc4s3)nc2c1. The first kappa shape index (κ1) is 21.1. The van der Waals surface area contributed by atoms with Crippen molar-refractivity contribution in [2.24, 2.45) is 0 Å². The average Bonchev–Trinajstić information content (AvgIpc) is 3.31. The highest BCUT2D eigenvalue weighted by atomic mass is 32.2. The molecule has 0 N–H and O–H groups in total. The Bertz CT molecular complexity index is 1140. The van der Waals surface area contributed by atoms with Gasteiger partial charge in [-0.05, 0) is 49.2 Å². The van der Waals surface area contributed by atoms with E-state index in [1.165, 1.54) is 22.7 Å². The van der Waals surface area contributed by atoms with Crippen LogP contribution >= 0.6 is 46.8 Å². The predicted molar refractivity (Wildman–Crippen MR) is 122 cm³/mol. The van der Waals surface area contributed by atoms with Gasteiger partial charge in [-0.3, -0.25) is 9.59 Å². The molecule has 0 aliphatic carbocycles. The van der Waals surface area contributed by atoms with Gasteiger partial charge in [-0.25, -0.2) is 9.97 Å². The first-order valence-corrected chi connectivity index (χ1v) is 12.1. The van der Waals surface area contributed by atoms with Crippen LogP contribution in [0, 0.1) is 13.8 Å². The molecule has 0 saturated heterocycles. The fourth-order valence-corrected chi connectivity index (χ4v) is 5.69. The Labute approximate surface area is 189 Å². The zero-order valence-electron chi connectivity index (χ0n) is 16.0. The Morgan fingerprint density at radius 3 is 1.67 bits per heavy atom. The molecular weight excluding hydrogens is 460 g/mol. The predicted octanol–water partition coefficient (Wildman–Crippen LogP) is 6.10. The summed E-state index contributed by atoms with van der Waals surface area (Å²) >= 11 is 4.74. The van der Waals surface area contributed by atoms with Crippen LogP contribution in [0.3, 0.4) is 0 Å². The molecule has 6 nitrogen and oxygen atoms in total. The Hall–Kier alpha value is -2.14. The maximum Gasteiger partial charge on any atom is 0.318 e. The van der Waals surface area contributed by atoms with E-state index in [-0.39, 0.29) is 12.8 Å². The number of rotatable bonds is 7. The maximum atomic E-state index is 11.9. The molecule has 0 aliphatic rings. The van der Waals surface area contributed by atoms with Crippen molar-refractivity contribution >= 4 is 79.1 Å². The molecule has 0 bridgehead atoms. The lowest BCUT2D eigenvalue weighted by Crippen LogP contribution is -2.05. The van der Waals surface area contributed by atoms with E-state index in [9.17, 15) is 9.59 Å². The number of aromatic nitrogens is 2. The van der Waals surface area contributed by atoms with E-state index >= 15 is 0 Å². The molecular formula is C20H16N2O4S4. The summed E-state index contributed by atoms with van der Waals surface area (Å²) in [5.41, 5.74) is 4.01. The average molecular weight is 477 g/mol. The topological polar surface area (TPSA) is 78.4 Å². The van der Waals surface area contributed by atoms with E-state index < -0.39 is 11.9 Å². The second kappa shape index (κ2) is 9.34. The zero-order chi connectivity index (χ0) is 21.1. The summed E-state index contributed by atoms with van der Waals surface area (Å²) < 4.78 is 13.7. The van der Waals surface area contributed by atoms with Crippen LogP contribution in [0.25, 0.3) is 20.4 Å². The Balaban J connectivity index is 1.21. The molecule has 0 fully saturated rings. The summed E-state index contributed by atoms with van der Waals surface area (Å²) in [7, 11) is 0. The third kappa shape index (κ3) is 5.31. The summed E-state index contributed by atoms with van der Waals surface area (Å²) in [6.07, 6.45) is -0.120. The van der Waals surface area contributed by atoms with Gasteiger partial charge in [-0.15, -0.1) is 22.7 Å². The van der Waals surface area contributed by atoms with Crippen LogP contribution in [0.15, 0.2) is 45.1 Å². The molecule has 0 unspecified atom stereocenters. The Morgan fingerprint density at radius 2 is 1.23 bits per heavy atom. The smallest absolute Gasteiger partial charge is 0.318 e. The highest BCUT2D eigenvalue weighted by Gasteiger charge is 2.14. The van der Waals surface area contributed by atoms with Gasteiger partial charge in [0.25, 0.3) is 0 Å². The quantitative estimate of drug-likeness (QED) is 0.296. The highest BCUT2D eigenvalue weighted by Crippen LogP contribution is 2.32. The molecule has 10 heteroatoms. The summed E-state index contributed by atoms with van der Waals surface area (Å²) in [6.45, 7) is 4.00. The van der Waals surface area contributed by atoms with Crippen molar-refractivity contribution in [1.82, 2.24) is 9.97 Å². The molecule has 0 aliphatic heterocycles. The molecule has 0 atom stereocenters. The summed E-state index contributed by atoms with van der Waals surface area (Å²) in [6, 6.07) is 12.0. The van der Waals surface area contributed by atoms with Gasteiger partial charge in [-0.1, -0.05) is 12.1 Å². The molecule has 4 rings (SSSR count). The number of benzene rings is 2. The minimum Gasteiger partial charge on any atom is -0.383 e. The van der Waals surface area contributed by atoms with Crippen LogP contribution in [0.5, 0.6) is 0 Å². The molecule has 154 valence electrons. The largest absolute Gasteiger partial charge is 0.383 e. The molecule has 0 spiro atoms. The summed E-state index contributed by atoms with van der Waals surface area (Å²) in [5.74, 6) is -0.985. The van der Waals surface area contributed by atoms with Gasteiger partial charge in [0.05, 0.1) is 33.3 Å². The molecule has 2 heterocycles. The minimum absolute atomic E-state index is 0.0601. The lowest BCUT2D eigenvalue weighted by molar-refractivity contribution is -0.139. The zero-order valence-corrected chi connectivity index (χ0v) is 19.3. The van der Waals surface area contributed by atoms with Crippen LogP contribution in [-0.2, 0) is 18.0 Å². The van der Waals surface area contributed by atoms with Crippen molar-refractivity contribution in [2.75, 3.05) is 0 Å².